The van der Waals surface area contributed by atoms with Gasteiger partial charge in [-0.1, -0.05) is 41.5 Å². The quantitative estimate of drug-likeness (QED) is 0.561. The van der Waals surface area contributed by atoms with Gasteiger partial charge in [0, 0.05) is 6.61 Å². The number of hydrogen-bond donors (Lipinski definition) is 0. The SMILES string of the molecule is CC1[C@@H](C)[C@@H](C)CO[C@H]1C(C)(C)C. The van der Waals surface area contributed by atoms with E-state index in [1.807, 2.05) is 0 Å². The highest BCUT2D eigenvalue weighted by Gasteiger charge is 2.38. The molecule has 0 bridgehead atoms. The molecule has 13 heavy (non-hydrogen) atoms. The average Bonchev–Trinajstić information content (AvgIpc) is 1.98. The molecule has 0 saturated carbocycles. The highest BCUT2D eigenvalue weighted by Crippen LogP contribution is 2.38. The summed E-state index contributed by atoms with van der Waals surface area (Å²) in [6, 6.07) is 0. The van der Waals surface area contributed by atoms with Gasteiger partial charge in [0.15, 0.2) is 0 Å². The minimum Gasteiger partial charge on any atom is -0.377 e. The molecule has 1 rings (SSSR count). The third-order valence-electron chi connectivity index (χ3n) is 3.60. The molecular weight excluding hydrogens is 160 g/mol. The predicted molar refractivity (Wildman–Crippen MR) is 56.7 cm³/mol. The van der Waals surface area contributed by atoms with Crippen LogP contribution in [0.3, 0.4) is 0 Å². The predicted octanol–water partition coefficient (Wildman–Crippen LogP) is 3.34. The van der Waals surface area contributed by atoms with E-state index < -0.39 is 0 Å². The Labute approximate surface area is 82.9 Å². The minimum atomic E-state index is 0.286. The van der Waals surface area contributed by atoms with Gasteiger partial charge in [-0.05, 0) is 23.2 Å². The summed E-state index contributed by atoms with van der Waals surface area (Å²) < 4.78 is 5.94. The number of hydrogen-bond acceptors (Lipinski definition) is 1. The summed E-state index contributed by atoms with van der Waals surface area (Å²) in [5, 5.41) is 0. The number of ether oxygens (including phenoxy) is 1. The second-order valence-electron chi connectivity index (χ2n) is 5.82. The van der Waals surface area contributed by atoms with Gasteiger partial charge < -0.3 is 4.74 Å². The average molecular weight is 184 g/mol. The van der Waals surface area contributed by atoms with Crippen LogP contribution in [0.25, 0.3) is 0 Å². The summed E-state index contributed by atoms with van der Waals surface area (Å²) in [5.74, 6) is 2.19. The molecule has 0 aromatic heterocycles. The third kappa shape index (κ3) is 2.25. The van der Waals surface area contributed by atoms with Crippen LogP contribution >= 0.6 is 0 Å². The fraction of sp³-hybridized carbons (Fsp3) is 1.00. The van der Waals surface area contributed by atoms with Crippen LogP contribution in [0.2, 0.25) is 0 Å². The highest BCUT2D eigenvalue weighted by molar-refractivity contribution is 4.87. The van der Waals surface area contributed by atoms with Crippen molar-refractivity contribution in [2.75, 3.05) is 6.61 Å². The Balaban J connectivity index is 2.70. The van der Waals surface area contributed by atoms with Crippen molar-refractivity contribution in [2.45, 2.75) is 47.6 Å². The summed E-state index contributed by atoms with van der Waals surface area (Å²) in [5.41, 5.74) is 0.286. The maximum atomic E-state index is 5.94. The Morgan fingerprint density at radius 1 is 1.00 bits per heavy atom. The van der Waals surface area contributed by atoms with E-state index in [0.29, 0.717) is 17.9 Å². The molecule has 1 unspecified atom stereocenters. The van der Waals surface area contributed by atoms with E-state index in [1.54, 1.807) is 0 Å². The largest absolute Gasteiger partial charge is 0.377 e. The molecule has 0 radical (unpaired) electrons. The zero-order valence-electron chi connectivity index (χ0n) is 9.92. The topological polar surface area (TPSA) is 9.23 Å². The summed E-state index contributed by atoms with van der Waals surface area (Å²) in [7, 11) is 0. The first-order chi connectivity index (χ1) is 5.84. The van der Waals surface area contributed by atoms with Crippen molar-refractivity contribution in [2.24, 2.45) is 23.2 Å². The lowest BCUT2D eigenvalue weighted by atomic mass is 9.72. The van der Waals surface area contributed by atoms with Crippen molar-refractivity contribution in [3.8, 4) is 0 Å². The van der Waals surface area contributed by atoms with E-state index in [-0.39, 0.29) is 5.41 Å². The first kappa shape index (κ1) is 11.0. The first-order valence-corrected chi connectivity index (χ1v) is 5.45. The van der Waals surface area contributed by atoms with Gasteiger partial charge in [0.25, 0.3) is 0 Å². The van der Waals surface area contributed by atoms with Crippen LogP contribution in [-0.4, -0.2) is 12.7 Å². The fourth-order valence-corrected chi connectivity index (χ4v) is 2.39. The van der Waals surface area contributed by atoms with Gasteiger partial charge in [-0.15, -0.1) is 0 Å². The van der Waals surface area contributed by atoms with Crippen LogP contribution < -0.4 is 0 Å². The summed E-state index contributed by atoms with van der Waals surface area (Å²) in [6.07, 6.45) is 0.429. The Bertz CT molecular complexity index is 168. The fourth-order valence-electron chi connectivity index (χ4n) is 2.39. The Morgan fingerprint density at radius 2 is 1.54 bits per heavy atom. The van der Waals surface area contributed by atoms with E-state index >= 15 is 0 Å². The Morgan fingerprint density at radius 3 is 2.00 bits per heavy atom. The normalized spacial score (nSPS) is 42.0. The lowest BCUT2D eigenvalue weighted by molar-refractivity contribution is -0.123. The Kier molecular flexibility index (Phi) is 3.06. The zero-order chi connectivity index (χ0) is 10.2. The van der Waals surface area contributed by atoms with Gasteiger partial charge in [-0.25, -0.2) is 0 Å². The molecule has 4 atom stereocenters. The number of rotatable bonds is 0. The molecule has 1 aliphatic rings. The molecular formula is C12H24O. The van der Waals surface area contributed by atoms with Gasteiger partial charge in [0.05, 0.1) is 6.10 Å². The molecule has 0 aromatic rings. The molecule has 0 aliphatic carbocycles. The van der Waals surface area contributed by atoms with Gasteiger partial charge in [0.1, 0.15) is 0 Å². The van der Waals surface area contributed by atoms with Crippen molar-refractivity contribution in [3.63, 3.8) is 0 Å². The third-order valence-corrected chi connectivity index (χ3v) is 3.60. The molecule has 0 spiro atoms. The van der Waals surface area contributed by atoms with Crippen molar-refractivity contribution in [1.82, 2.24) is 0 Å². The van der Waals surface area contributed by atoms with Crippen LogP contribution in [0.15, 0.2) is 0 Å². The maximum absolute atomic E-state index is 5.94. The zero-order valence-corrected chi connectivity index (χ0v) is 9.92. The van der Waals surface area contributed by atoms with Gasteiger partial charge in [0.2, 0.25) is 0 Å². The van der Waals surface area contributed by atoms with Gasteiger partial charge in [-0.3, -0.25) is 0 Å². The molecule has 1 heterocycles. The van der Waals surface area contributed by atoms with Crippen LogP contribution in [-0.2, 0) is 4.74 Å². The summed E-state index contributed by atoms with van der Waals surface area (Å²) in [6.45, 7) is 14.7. The smallest absolute Gasteiger partial charge is 0.0651 e. The molecule has 0 amide bonds. The van der Waals surface area contributed by atoms with Crippen LogP contribution in [0, 0.1) is 23.2 Å². The first-order valence-electron chi connectivity index (χ1n) is 5.45. The molecule has 1 fully saturated rings. The minimum absolute atomic E-state index is 0.286. The van der Waals surface area contributed by atoms with E-state index in [1.165, 1.54) is 0 Å². The molecule has 1 saturated heterocycles. The van der Waals surface area contributed by atoms with E-state index in [2.05, 4.69) is 41.5 Å². The molecule has 1 aliphatic heterocycles. The summed E-state index contributed by atoms with van der Waals surface area (Å²) in [4.78, 5) is 0. The molecule has 0 N–H and O–H groups in total. The summed E-state index contributed by atoms with van der Waals surface area (Å²) >= 11 is 0. The lowest BCUT2D eigenvalue weighted by Gasteiger charge is -2.44. The second kappa shape index (κ2) is 3.61. The standard InChI is InChI=1S/C12H24O/c1-8-7-13-11(12(4,5)6)10(3)9(8)2/h8-11H,7H2,1-6H3/t8-,9-,10?,11+/m0/s1. The molecule has 1 heteroatoms. The molecule has 78 valence electrons. The monoisotopic (exact) mass is 184 g/mol. The van der Waals surface area contributed by atoms with Crippen LogP contribution in [0.4, 0.5) is 0 Å². The molecule has 1 nitrogen and oxygen atoms in total. The van der Waals surface area contributed by atoms with Crippen molar-refractivity contribution < 1.29 is 4.74 Å². The van der Waals surface area contributed by atoms with E-state index in [4.69, 9.17) is 4.74 Å². The molecule has 0 aromatic carbocycles. The van der Waals surface area contributed by atoms with Crippen molar-refractivity contribution in [1.29, 1.82) is 0 Å². The Hall–Kier alpha value is -0.0400. The highest BCUT2D eigenvalue weighted by atomic mass is 16.5. The van der Waals surface area contributed by atoms with E-state index in [0.717, 1.165) is 12.5 Å². The van der Waals surface area contributed by atoms with Crippen molar-refractivity contribution >= 4 is 0 Å². The van der Waals surface area contributed by atoms with Crippen LogP contribution in [0.5, 0.6) is 0 Å². The van der Waals surface area contributed by atoms with Gasteiger partial charge in [-0.2, -0.15) is 0 Å². The van der Waals surface area contributed by atoms with Crippen LogP contribution in [0.1, 0.15) is 41.5 Å². The lowest BCUT2D eigenvalue weighted by Crippen LogP contribution is -2.45. The van der Waals surface area contributed by atoms with Crippen molar-refractivity contribution in [3.05, 3.63) is 0 Å². The maximum Gasteiger partial charge on any atom is 0.0651 e. The second-order valence-corrected chi connectivity index (χ2v) is 5.82. The van der Waals surface area contributed by atoms with Gasteiger partial charge >= 0.3 is 0 Å². The van der Waals surface area contributed by atoms with E-state index in [9.17, 15) is 0 Å².